The summed E-state index contributed by atoms with van der Waals surface area (Å²) in [6.45, 7) is 6.21. The van der Waals surface area contributed by atoms with Crippen LogP contribution in [0.3, 0.4) is 0 Å². The van der Waals surface area contributed by atoms with Gasteiger partial charge in [-0.05, 0) is 6.42 Å². The zero-order chi connectivity index (χ0) is 14.3. The molecule has 1 rings (SSSR count). The van der Waals surface area contributed by atoms with Crippen LogP contribution in [0.2, 0.25) is 0 Å². The molecule has 7 heteroatoms. The van der Waals surface area contributed by atoms with E-state index in [0.717, 1.165) is 0 Å². The van der Waals surface area contributed by atoms with Crippen molar-refractivity contribution in [3.8, 4) is 0 Å². The van der Waals surface area contributed by atoms with Crippen LogP contribution in [-0.2, 0) is 6.42 Å². The fourth-order valence-corrected chi connectivity index (χ4v) is 1.40. The maximum atomic E-state index is 11.5. The van der Waals surface area contributed by atoms with Gasteiger partial charge in [0.05, 0.1) is 12.6 Å². The lowest BCUT2D eigenvalue weighted by Gasteiger charge is -2.14. The van der Waals surface area contributed by atoms with Crippen molar-refractivity contribution in [1.82, 2.24) is 20.8 Å². The van der Waals surface area contributed by atoms with E-state index in [4.69, 9.17) is 9.63 Å². The van der Waals surface area contributed by atoms with Gasteiger partial charge in [-0.15, -0.1) is 0 Å². The van der Waals surface area contributed by atoms with Crippen molar-refractivity contribution >= 4 is 6.03 Å². The number of carbonyl (C=O) groups is 1. The third-order valence-electron chi connectivity index (χ3n) is 2.67. The molecule has 1 unspecified atom stereocenters. The molecule has 0 fully saturated rings. The molecular formula is C12H22N4O3. The summed E-state index contributed by atoms with van der Waals surface area (Å²) in [6.07, 6.45) is 1.17. The lowest BCUT2D eigenvalue weighted by molar-refractivity contribution is 0.214. The molecule has 0 bridgehead atoms. The number of hydrogen-bond acceptors (Lipinski definition) is 5. The smallest absolute Gasteiger partial charge is 0.315 e. The van der Waals surface area contributed by atoms with Crippen LogP contribution in [-0.4, -0.2) is 40.5 Å². The fraction of sp³-hybridized carbons (Fsp3) is 0.750. The highest BCUT2D eigenvalue weighted by molar-refractivity contribution is 5.74. The Morgan fingerprint density at radius 3 is 2.74 bits per heavy atom. The SMILES string of the molecule is CCC(CO)NC(=O)NCCc1nc(C(C)C)no1. The van der Waals surface area contributed by atoms with E-state index in [2.05, 4.69) is 20.8 Å². The van der Waals surface area contributed by atoms with E-state index in [-0.39, 0.29) is 24.6 Å². The second-order valence-corrected chi connectivity index (χ2v) is 4.64. The van der Waals surface area contributed by atoms with Gasteiger partial charge >= 0.3 is 6.03 Å². The van der Waals surface area contributed by atoms with Crippen molar-refractivity contribution < 1.29 is 14.4 Å². The van der Waals surface area contributed by atoms with Crippen molar-refractivity contribution in [2.75, 3.05) is 13.2 Å². The Morgan fingerprint density at radius 2 is 2.21 bits per heavy atom. The largest absolute Gasteiger partial charge is 0.394 e. The van der Waals surface area contributed by atoms with Crippen LogP contribution in [0, 0.1) is 0 Å². The van der Waals surface area contributed by atoms with Gasteiger partial charge in [0.15, 0.2) is 5.82 Å². The molecular weight excluding hydrogens is 248 g/mol. The molecule has 1 heterocycles. The number of rotatable bonds is 7. The predicted octanol–water partition coefficient (Wildman–Crippen LogP) is 0.806. The average molecular weight is 270 g/mol. The first-order chi connectivity index (χ1) is 9.06. The van der Waals surface area contributed by atoms with Gasteiger partial charge in [-0.1, -0.05) is 25.9 Å². The highest BCUT2D eigenvalue weighted by atomic mass is 16.5. The Morgan fingerprint density at radius 1 is 1.47 bits per heavy atom. The second-order valence-electron chi connectivity index (χ2n) is 4.64. The highest BCUT2D eigenvalue weighted by Gasteiger charge is 2.11. The van der Waals surface area contributed by atoms with Gasteiger partial charge < -0.3 is 20.3 Å². The number of carbonyl (C=O) groups excluding carboxylic acids is 1. The van der Waals surface area contributed by atoms with Gasteiger partial charge in [0.1, 0.15) is 0 Å². The number of aliphatic hydroxyl groups excluding tert-OH is 1. The van der Waals surface area contributed by atoms with E-state index in [1.807, 2.05) is 20.8 Å². The number of hydrogen-bond donors (Lipinski definition) is 3. The average Bonchev–Trinajstić information content (AvgIpc) is 2.85. The predicted molar refractivity (Wildman–Crippen MR) is 69.8 cm³/mol. The van der Waals surface area contributed by atoms with Gasteiger partial charge in [0.2, 0.25) is 5.89 Å². The van der Waals surface area contributed by atoms with Crippen molar-refractivity contribution in [1.29, 1.82) is 0 Å². The summed E-state index contributed by atoms with van der Waals surface area (Å²) >= 11 is 0. The standard InChI is InChI=1S/C12H22N4O3/c1-4-9(7-17)14-12(18)13-6-5-10-15-11(8(2)3)16-19-10/h8-9,17H,4-7H2,1-3H3,(H2,13,14,18). The first-order valence-electron chi connectivity index (χ1n) is 6.54. The van der Waals surface area contributed by atoms with Crippen LogP contribution in [0.1, 0.15) is 44.8 Å². The topological polar surface area (TPSA) is 100 Å². The van der Waals surface area contributed by atoms with E-state index < -0.39 is 0 Å². The molecule has 2 amide bonds. The molecule has 0 spiro atoms. The molecule has 0 saturated carbocycles. The molecule has 0 radical (unpaired) electrons. The maximum Gasteiger partial charge on any atom is 0.315 e. The summed E-state index contributed by atoms with van der Waals surface area (Å²) in [5.41, 5.74) is 0. The Bertz CT molecular complexity index is 388. The molecule has 0 aliphatic heterocycles. The second kappa shape index (κ2) is 7.73. The molecule has 108 valence electrons. The van der Waals surface area contributed by atoms with Crippen LogP contribution in [0.4, 0.5) is 4.79 Å². The number of amides is 2. The van der Waals surface area contributed by atoms with Gasteiger partial charge in [-0.3, -0.25) is 0 Å². The Labute approximate surface area is 112 Å². The molecule has 1 atom stereocenters. The zero-order valence-corrected chi connectivity index (χ0v) is 11.6. The third-order valence-corrected chi connectivity index (χ3v) is 2.67. The number of aromatic nitrogens is 2. The van der Waals surface area contributed by atoms with Crippen LogP contribution in [0.25, 0.3) is 0 Å². The first kappa shape index (κ1) is 15.4. The lowest BCUT2D eigenvalue weighted by atomic mass is 10.2. The van der Waals surface area contributed by atoms with Crippen molar-refractivity contribution in [2.45, 2.75) is 45.6 Å². The molecule has 1 aromatic heterocycles. The number of urea groups is 1. The number of nitrogens with one attached hydrogen (secondary N) is 2. The Hall–Kier alpha value is -1.63. The molecule has 0 aromatic carbocycles. The minimum absolute atomic E-state index is 0.0642. The first-order valence-corrected chi connectivity index (χ1v) is 6.54. The fourth-order valence-electron chi connectivity index (χ4n) is 1.40. The quantitative estimate of drug-likeness (QED) is 0.680. The summed E-state index contributed by atoms with van der Waals surface area (Å²) in [5.74, 6) is 1.41. The molecule has 0 aliphatic rings. The van der Waals surface area contributed by atoms with E-state index >= 15 is 0 Å². The molecule has 0 aliphatic carbocycles. The lowest BCUT2D eigenvalue weighted by Crippen LogP contribution is -2.44. The van der Waals surface area contributed by atoms with E-state index in [1.165, 1.54) is 0 Å². The van der Waals surface area contributed by atoms with Crippen molar-refractivity contribution in [2.24, 2.45) is 0 Å². The Kier molecular flexibility index (Phi) is 6.27. The van der Waals surface area contributed by atoms with Crippen LogP contribution >= 0.6 is 0 Å². The normalized spacial score (nSPS) is 12.5. The van der Waals surface area contributed by atoms with E-state index in [0.29, 0.717) is 31.1 Å². The molecule has 7 nitrogen and oxygen atoms in total. The third kappa shape index (κ3) is 5.25. The summed E-state index contributed by atoms with van der Waals surface area (Å²) in [5, 5.41) is 18.1. The van der Waals surface area contributed by atoms with Crippen molar-refractivity contribution in [3.63, 3.8) is 0 Å². The molecule has 0 saturated heterocycles. The van der Waals surface area contributed by atoms with Gasteiger partial charge in [-0.25, -0.2) is 4.79 Å². The van der Waals surface area contributed by atoms with Crippen molar-refractivity contribution in [3.05, 3.63) is 11.7 Å². The number of aliphatic hydroxyl groups is 1. The van der Waals surface area contributed by atoms with Crippen LogP contribution < -0.4 is 10.6 Å². The minimum Gasteiger partial charge on any atom is -0.394 e. The maximum absolute atomic E-state index is 11.5. The monoisotopic (exact) mass is 270 g/mol. The van der Waals surface area contributed by atoms with Crippen LogP contribution in [0.5, 0.6) is 0 Å². The summed E-state index contributed by atoms with van der Waals surface area (Å²) in [4.78, 5) is 15.7. The zero-order valence-electron chi connectivity index (χ0n) is 11.6. The summed E-state index contributed by atoms with van der Waals surface area (Å²) in [7, 11) is 0. The van der Waals surface area contributed by atoms with Gasteiger partial charge in [0, 0.05) is 18.9 Å². The Balaban J connectivity index is 2.27. The summed E-state index contributed by atoms with van der Waals surface area (Å²) < 4.78 is 5.06. The molecule has 19 heavy (non-hydrogen) atoms. The molecule has 3 N–H and O–H groups in total. The van der Waals surface area contributed by atoms with Crippen LogP contribution in [0.15, 0.2) is 4.52 Å². The number of nitrogens with zero attached hydrogens (tertiary/aromatic N) is 2. The van der Waals surface area contributed by atoms with E-state index in [9.17, 15) is 4.79 Å². The highest BCUT2D eigenvalue weighted by Crippen LogP contribution is 2.09. The van der Waals surface area contributed by atoms with E-state index in [1.54, 1.807) is 0 Å². The summed E-state index contributed by atoms with van der Waals surface area (Å²) in [6, 6.07) is -0.513. The minimum atomic E-state index is -0.301. The molecule has 1 aromatic rings. The van der Waals surface area contributed by atoms with Gasteiger partial charge in [0.25, 0.3) is 0 Å². The van der Waals surface area contributed by atoms with Gasteiger partial charge in [-0.2, -0.15) is 4.98 Å².